The number of imide groups is 1. The normalized spacial score (nSPS) is 24.5. The number of aliphatic hydroxyl groups excluding tert-OH is 1. The van der Waals surface area contributed by atoms with E-state index in [-0.39, 0.29) is 6.10 Å². The maximum absolute atomic E-state index is 11.4. The Morgan fingerprint density at radius 1 is 1.60 bits per heavy atom. The van der Waals surface area contributed by atoms with Crippen molar-refractivity contribution in [3.8, 4) is 0 Å². The fraction of sp³-hybridized carbons (Fsp3) is 0.778. The molecule has 15 heavy (non-hydrogen) atoms. The lowest BCUT2D eigenvalue weighted by molar-refractivity contribution is -0.125. The molecule has 1 fully saturated rings. The van der Waals surface area contributed by atoms with Gasteiger partial charge in [-0.25, -0.2) is 4.79 Å². The van der Waals surface area contributed by atoms with Gasteiger partial charge in [-0.15, -0.1) is 0 Å². The number of β-amino-alcohol motifs (C(OH)–C–C–N with tert-alkyl or cyclic N) is 1. The van der Waals surface area contributed by atoms with Crippen molar-refractivity contribution in [2.45, 2.75) is 31.9 Å². The summed E-state index contributed by atoms with van der Waals surface area (Å²) in [6.45, 7) is 2.91. The number of nitrogens with zero attached hydrogens (tertiary/aromatic N) is 1. The lowest BCUT2D eigenvalue weighted by atomic mass is 10.1. The van der Waals surface area contributed by atoms with Crippen LogP contribution in [0.5, 0.6) is 0 Å². The molecule has 0 aromatic carbocycles. The van der Waals surface area contributed by atoms with Crippen molar-refractivity contribution in [2.24, 2.45) is 5.73 Å². The number of primary amides is 1. The standard InChI is InChI=1S/C9H17N3O3/c1-6(8(14)11-9(10)15)12-4-2-3-7(13)5-12/h6-7,13H,2-5H2,1H3,(H3,10,11,14,15)/t6?,7-/m0/s1. The van der Waals surface area contributed by atoms with Crippen molar-refractivity contribution in [1.82, 2.24) is 10.2 Å². The van der Waals surface area contributed by atoms with Crippen molar-refractivity contribution in [3.63, 3.8) is 0 Å². The van der Waals surface area contributed by atoms with Gasteiger partial charge in [0.05, 0.1) is 12.1 Å². The van der Waals surface area contributed by atoms with Crippen molar-refractivity contribution in [3.05, 3.63) is 0 Å². The van der Waals surface area contributed by atoms with E-state index in [9.17, 15) is 14.7 Å². The van der Waals surface area contributed by atoms with Crippen LogP contribution in [0.15, 0.2) is 0 Å². The van der Waals surface area contributed by atoms with Crippen LogP contribution in [0, 0.1) is 0 Å². The van der Waals surface area contributed by atoms with Gasteiger partial charge in [-0.3, -0.25) is 15.0 Å². The molecule has 0 saturated carbocycles. The van der Waals surface area contributed by atoms with Crippen LogP contribution in [0.4, 0.5) is 4.79 Å². The molecule has 4 N–H and O–H groups in total. The van der Waals surface area contributed by atoms with Crippen molar-refractivity contribution < 1.29 is 14.7 Å². The summed E-state index contributed by atoms with van der Waals surface area (Å²) in [6.07, 6.45) is 1.23. The van der Waals surface area contributed by atoms with Crippen LogP contribution < -0.4 is 11.1 Å². The summed E-state index contributed by atoms with van der Waals surface area (Å²) in [6, 6.07) is -1.28. The number of likely N-dealkylation sites (tertiary alicyclic amines) is 1. The number of urea groups is 1. The molecule has 1 saturated heterocycles. The third kappa shape index (κ3) is 3.49. The van der Waals surface area contributed by atoms with Gasteiger partial charge in [0.1, 0.15) is 0 Å². The number of carbonyl (C=O) groups is 2. The van der Waals surface area contributed by atoms with Crippen LogP contribution in [0.25, 0.3) is 0 Å². The van der Waals surface area contributed by atoms with Crippen LogP contribution in [0.3, 0.4) is 0 Å². The molecule has 3 amide bonds. The Morgan fingerprint density at radius 2 is 2.27 bits per heavy atom. The van der Waals surface area contributed by atoms with E-state index in [0.29, 0.717) is 6.54 Å². The molecule has 1 heterocycles. The quantitative estimate of drug-likeness (QED) is 0.552. The predicted molar refractivity (Wildman–Crippen MR) is 54.0 cm³/mol. The topological polar surface area (TPSA) is 95.7 Å². The average molecular weight is 215 g/mol. The molecule has 6 heteroatoms. The summed E-state index contributed by atoms with van der Waals surface area (Å²) in [5.41, 5.74) is 4.85. The second-order valence-corrected chi connectivity index (χ2v) is 3.82. The number of rotatable bonds is 2. The second-order valence-electron chi connectivity index (χ2n) is 3.82. The first-order chi connectivity index (χ1) is 7.00. The van der Waals surface area contributed by atoms with Gasteiger partial charge in [0.15, 0.2) is 0 Å². The summed E-state index contributed by atoms with van der Waals surface area (Å²) in [5.74, 6) is -0.420. The van der Waals surface area contributed by atoms with Crippen LogP contribution >= 0.6 is 0 Å². The molecule has 2 atom stereocenters. The van der Waals surface area contributed by atoms with E-state index in [1.54, 1.807) is 6.92 Å². The lowest BCUT2D eigenvalue weighted by Crippen LogP contribution is -2.52. The van der Waals surface area contributed by atoms with E-state index in [2.05, 4.69) is 0 Å². The maximum Gasteiger partial charge on any atom is 0.318 e. The van der Waals surface area contributed by atoms with Gasteiger partial charge in [-0.1, -0.05) is 0 Å². The number of carbonyl (C=O) groups excluding carboxylic acids is 2. The summed E-state index contributed by atoms with van der Waals surface area (Å²) >= 11 is 0. The lowest BCUT2D eigenvalue weighted by Gasteiger charge is -2.33. The highest BCUT2D eigenvalue weighted by molar-refractivity contribution is 5.96. The van der Waals surface area contributed by atoms with Crippen molar-refractivity contribution >= 4 is 11.9 Å². The first-order valence-corrected chi connectivity index (χ1v) is 5.03. The van der Waals surface area contributed by atoms with Gasteiger partial charge in [0.25, 0.3) is 0 Å². The van der Waals surface area contributed by atoms with E-state index < -0.39 is 18.0 Å². The monoisotopic (exact) mass is 215 g/mol. The van der Waals surface area contributed by atoms with Gasteiger partial charge in [0, 0.05) is 6.54 Å². The number of aliphatic hydroxyl groups is 1. The third-order valence-corrected chi connectivity index (χ3v) is 2.60. The molecular formula is C9H17N3O3. The summed E-state index contributed by atoms with van der Waals surface area (Å²) < 4.78 is 0. The highest BCUT2D eigenvalue weighted by Crippen LogP contribution is 2.12. The molecule has 0 aliphatic carbocycles. The Hall–Kier alpha value is -1.14. The van der Waals surface area contributed by atoms with Crippen LogP contribution in [-0.4, -0.2) is 47.2 Å². The largest absolute Gasteiger partial charge is 0.392 e. The highest BCUT2D eigenvalue weighted by Gasteiger charge is 2.26. The molecule has 0 spiro atoms. The van der Waals surface area contributed by atoms with Crippen molar-refractivity contribution in [1.29, 1.82) is 0 Å². The SMILES string of the molecule is CC(C(=O)NC(N)=O)N1CCC[C@H](O)C1. The van der Waals surface area contributed by atoms with Crippen molar-refractivity contribution in [2.75, 3.05) is 13.1 Å². The Balaban J connectivity index is 2.47. The van der Waals surface area contributed by atoms with Gasteiger partial charge in [0.2, 0.25) is 5.91 Å². The molecule has 1 unspecified atom stereocenters. The number of amides is 3. The van der Waals surface area contributed by atoms with E-state index in [4.69, 9.17) is 5.73 Å². The van der Waals surface area contributed by atoms with Gasteiger partial charge < -0.3 is 10.8 Å². The fourth-order valence-electron chi connectivity index (χ4n) is 1.73. The molecule has 0 aromatic heterocycles. The Bertz CT molecular complexity index is 257. The fourth-order valence-corrected chi connectivity index (χ4v) is 1.73. The minimum Gasteiger partial charge on any atom is -0.392 e. The van der Waals surface area contributed by atoms with E-state index >= 15 is 0 Å². The van der Waals surface area contributed by atoms with Crippen LogP contribution in [0.2, 0.25) is 0 Å². The first-order valence-electron chi connectivity index (χ1n) is 5.03. The molecule has 1 aliphatic heterocycles. The minimum atomic E-state index is -0.843. The van der Waals surface area contributed by atoms with E-state index in [1.807, 2.05) is 10.2 Å². The predicted octanol–water partition coefficient (Wildman–Crippen LogP) is -0.973. The molecular weight excluding hydrogens is 198 g/mol. The second kappa shape index (κ2) is 5.09. The molecule has 0 bridgehead atoms. The molecule has 6 nitrogen and oxygen atoms in total. The van der Waals surface area contributed by atoms with Gasteiger partial charge >= 0.3 is 6.03 Å². The van der Waals surface area contributed by atoms with Crippen LogP contribution in [-0.2, 0) is 4.79 Å². The Labute approximate surface area is 88.4 Å². The summed E-state index contributed by atoms with van der Waals surface area (Å²) in [7, 11) is 0. The highest BCUT2D eigenvalue weighted by atomic mass is 16.3. The third-order valence-electron chi connectivity index (χ3n) is 2.60. The summed E-state index contributed by atoms with van der Waals surface area (Å²) in [5, 5.41) is 11.5. The minimum absolute atomic E-state index is 0.387. The Morgan fingerprint density at radius 3 is 2.80 bits per heavy atom. The average Bonchev–Trinajstić information content (AvgIpc) is 2.15. The number of hydrogen-bond donors (Lipinski definition) is 3. The molecule has 1 aliphatic rings. The van der Waals surface area contributed by atoms with Crippen LogP contribution in [0.1, 0.15) is 19.8 Å². The van der Waals surface area contributed by atoms with Gasteiger partial charge in [-0.05, 0) is 26.3 Å². The first kappa shape index (κ1) is 11.9. The molecule has 86 valence electrons. The zero-order chi connectivity index (χ0) is 11.4. The Kier molecular flexibility index (Phi) is 4.05. The van der Waals surface area contributed by atoms with E-state index in [0.717, 1.165) is 19.4 Å². The van der Waals surface area contributed by atoms with Gasteiger partial charge in [-0.2, -0.15) is 0 Å². The smallest absolute Gasteiger partial charge is 0.318 e. The summed E-state index contributed by atoms with van der Waals surface area (Å²) in [4.78, 5) is 23.7. The van der Waals surface area contributed by atoms with E-state index in [1.165, 1.54) is 0 Å². The zero-order valence-electron chi connectivity index (χ0n) is 8.77. The number of nitrogens with two attached hydrogens (primary N) is 1. The number of piperidine rings is 1. The maximum atomic E-state index is 11.4. The molecule has 1 rings (SSSR count). The molecule has 0 radical (unpaired) electrons. The number of hydrogen-bond acceptors (Lipinski definition) is 4. The molecule has 0 aromatic rings. The number of nitrogens with one attached hydrogen (secondary N) is 1. The zero-order valence-corrected chi connectivity index (χ0v) is 8.77.